The van der Waals surface area contributed by atoms with Gasteiger partial charge in [0.25, 0.3) is 5.91 Å². The lowest BCUT2D eigenvalue weighted by molar-refractivity contribution is -0.131. The number of imide groups is 1. The minimum absolute atomic E-state index is 0.0317. The highest BCUT2D eigenvalue weighted by atomic mass is 16.3. The Morgan fingerprint density at radius 1 is 1.19 bits per heavy atom. The Balaban J connectivity index is 1.43. The molecule has 1 aromatic heterocycles. The van der Waals surface area contributed by atoms with Gasteiger partial charge in [-0.3, -0.25) is 24.5 Å². The second-order valence-corrected chi connectivity index (χ2v) is 7.56. The minimum atomic E-state index is -0.894. The van der Waals surface area contributed by atoms with Crippen LogP contribution >= 0.6 is 0 Å². The molecule has 1 unspecified atom stereocenters. The lowest BCUT2D eigenvalue weighted by Crippen LogP contribution is -2.50. The number of carbonyl (C=O) groups is 2. The van der Waals surface area contributed by atoms with E-state index in [4.69, 9.17) is 0 Å². The van der Waals surface area contributed by atoms with E-state index in [1.807, 2.05) is 12.3 Å². The molecule has 1 aromatic rings. The molecule has 2 fully saturated rings. The van der Waals surface area contributed by atoms with Crippen LogP contribution in [0.5, 0.6) is 0 Å². The van der Waals surface area contributed by atoms with Crippen LogP contribution in [0.25, 0.3) is 0 Å². The summed E-state index contributed by atoms with van der Waals surface area (Å²) in [4.78, 5) is 33.9. The number of hydrogen-bond acceptors (Lipinski definition) is 6. The molecular weight excluding hydrogens is 334 g/mol. The van der Waals surface area contributed by atoms with Crippen molar-refractivity contribution in [3.05, 3.63) is 30.1 Å². The fourth-order valence-corrected chi connectivity index (χ4v) is 3.43. The summed E-state index contributed by atoms with van der Waals surface area (Å²) in [6, 6.07) is 3.59. The second-order valence-electron chi connectivity index (χ2n) is 7.56. The van der Waals surface area contributed by atoms with Crippen molar-refractivity contribution in [1.29, 1.82) is 0 Å². The van der Waals surface area contributed by atoms with Crippen molar-refractivity contribution in [1.82, 2.24) is 25.0 Å². The molecule has 2 aliphatic heterocycles. The molecule has 26 heavy (non-hydrogen) atoms. The lowest BCUT2D eigenvalue weighted by Gasteiger charge is -2.35. The monoisotopic (exact) mass is 361 g/mol. The molecule has 2 aliphatic rings. The molecule has 2 N–H and O–H groups in total. The van der Waals surface area contributed by atoms with Crippen LogP contribution in [0.1, 0.15) is 19.4 Å². The van der Waals surface area contributed by atoms with E-state index in [9.17, 15) is 14.7 Å². The third kappa shape index (κ3) is 4.38. The van der Waals surface area contributed by atoms with Crippen LogP contribution in [0.2, 0.25) is 0 Å². The SMILES string of the molecule is CC1(C)NC(=O)N(CC(O)CN2CCN(Cc3cccnc3)CC2)C1=O. The number of carbonyl (C=O) groups excluding carboxylic acids is 2. The smallest absolute Gasteiger partial charge is 0.325 e. The van der Waals surface area contributed by atoms with Crippen molar-refractivity contribution in [3.8, 4) is 0 Å². The third-order valence-corrected chi connectivity index (χ3v) is 4.90. The van der Waals surface area contributed by atoms with Gasteiger partial charge in [-0.05, 0) is 25.5 Å². The summed E-state index contributed by atoms with van der Waals surface area (Å²) in [5.41, 5.74) is 0.302. The molecule has 1 atom stereocenters. The van der Waals surface area contributed by atoms with E-state index >= 15 is 0 Å². The van der Waals surface area contributed by atoms with Gasteiger partial charge in [-0.25, -0.2) is 4.79 Å². The molecule has 3 heterocycles. The van der Waals surface area contributed by atoms with Crippen LogP contribution in [0.15, 0.2) is 24.5 Å². The Labute approximate surface area is 153 Å². The number of amides is 3. The Morgan fingerprint density at radius 2 is 1.88 bits per heavy atom. The molecule has 0 spiro atoms. The molecule has 8 nitrogen and oxygen atoms in total. The Kier molecular flexibility index (Phi) is 5.55. The van der Waals surface area contributed by atoms with Crippen LogP contribution < -0.4 is 5.32 Å². The first-order chi connectivity index (χ1) is 12.3. The zero-order valence-electron chi connectivity index (χ0n) is 15.4. The van der Waals surface area contributed by atoms with E-state index in [1.165, 1.54) is 5.56 Å². The first kappa shape index (κ1) is 18.8. The quantitative estimate of drug-likeness (QED) is 0.688. The molecule has 0 saturated carbocycles. The van der Waals surface area contributed by atoms with E-state index < -0.39 is 17.7 Å². The largest absolute Gasteiger partial charge is 0.390 e. The fourth-order valence-electron chi connectivity index (χ4n) is 3.43. The number of rotatable bonds is 6. The summed E-state index contributed by atoms with van der Waals surface area (Å²) in [6.07, 6.45) is 2.91. The van der Waals surface area contributed by atoms with Crippen LogP contribution in [0.4, 0.5) is 4.79 Å². The molecule has 0 aromatic carbocycles. The third-order valence-electron chi connectivity index (χ3n) is 4.90. The Bertz CT molecular complexity index is 643. The summed E-state index contributed by atoms with van der Waals surface area (Å²) in [5, 5.41) is 13.0. The van der Waals surface area contributed by atoms with Gasteiger partial charge in [-0.1, -0.05) is 6.07 Å². The predicted octanol–water partition coefficient (Wildman–Crippen LogP) is -0.109. The van der Waals surface area contributed by atoms with E-state index in [2.05, 4.69) is 26.2 Å². The normalized spacial score (nSPS) is 22.5. The Morgan fingerprint density at radius 3 is 2.46 bits per heavy atom. The zero-order chi connectivity index (χ0) is 18.7. The topological polar surface area (TPSA) is 89.0 Å². The van der Waals surface area contributed by atoms with Crippen LogP contribution in [-0.2, 0) is 11.3 Å². The number of nitrogens with zero attached hydrogens (tertiary/aromatic N) is 4. The summed E-state index contributed by atoms with van der Waals surface area (Å²) >= 11 is 0. The number of urea groups is 1. The van der Waals surface area contributed by atoms with Crippen LogP contribution in [0, 0.1) is 0 Å². The van der Waals surface area contributed by atoms with Crippen molar-refractivity contribution >= 4 is 11.9 Å². The number of aromatic nitrogens is 1. The molecule has 0 aliphatic carbocycles. The predicted molar refractivity (Wildman–Crippen MR) is 96.3 cm³/mol. The molecule has 8 heteroatoms. The zero-order valence-corrected chi connectivity index (χ0v) is 15.4. The number of aliphatic hydroxyl groups is 1. The number of pyridine rings is 1. The van der Waals surface area contributed by atoms with Crippen molar-refractivity contribution in [3.63, 3.8) is 0 Å². The molecule has 3 rings (SSSR count). The molecule has 0 radical (unpaired) electrons. The van der Waals surface area contributed by atoms with Crippen molar-refractivity contribution < 1.29 is 14.7 Å². The van der Waals surface area contributed by atoms with Gasteiger partial charge in [-0.2, -0.15) is 0 Å². The molecular formula is C18H27N5O3. The first-order valence-corrected chi connectivity index (χ1v) is 9.01. The average Bonchev–Trinajstić information content (AvgIpc) is 2.79. The van der Waals surface area contributed by atoms with E-state index in [1.54, 1.807) is 20.0 Å². The summed E-state index contributed by atoms with van der Waals surface area (Å²) in [6.45, 7) is 8.23. The number of aliphatic hydroxyl groups excluding tert-OH is 1. The van der Waals surface area contributed by atoms with Crippen LogP contribution in [-0.4, -0.2) is 87.6 Å². The number of β-amino-alcohol motifs (C(OH)–C–C–N with tert-alkyl or cyclic N) is 1. The van der Waals surface area contributed by atoms with Crippen molar-refractivity contribution in [2.45, 2.75) is 32.0 Å². The first-order valence-electron chi connectivity index (χ1n) is 9.01. The van der Waals surface area contributed by atoms with Gasteiger partial charge < -0.3 is 10.4 Å². The van der Waals surface area contributed by atoms with Gasteiger partial charge in [0.2, 0.25) is 0 Å². The fraction of sp³-hybridized carbons (Fsp3) is 0.611. The van der Waals surface area contributed by atoms with E-state index in [-0.39, 0.29) is 12.5 Å². The van der Waals surface area contributed by atoms with Gasteiger partial charge in [0, 0.05) is 51.7 Å². The van der Waals surface area contributed by atoms with Gasteiger partial charge in [0.05, 0.1) is 12.6 Å². The van der Waals surface area contributed by atoms with E-state index in [0.717, 1.165) is 37.6 Å². The average molecular weight is 361 g/mol. The standard InChI is InChI=1S/C18H27N5O3/c1-18(2)16(25)23(17(26)20-18)13-15(24)12-22-8-6-21(7-9-22)11-14-4-3-5-19-10-14/h3-5,10,15,24H,6-9,11-13H2,1-2H3,(H,20,26). The van der Waals surface area contributed by atoms with Crippen LogP contribution in [0.3, 0.4) is 0 Å². The van der Waals surface area contributed by atoms with Crippen molar-refractivity contribution in [2.75, 3.05) is 39.3 Å². The van der Waals surface area contributed by atoms with Gasteiger partial charge in [0.1, 0.15) is 5.54 Å². The lowest BCUT2D eigenvalue weighted by atomic mass is 10.1. The van der Waals surface area contributed by atoms with Crippen molar-refractivity contribution in [2.24, 2.45) is 0 Å². The van der Waals surface area contributed by atoms with Gasteiger partial charge >= 0.3 is 6.03 Å². The van der Waals surface area contributed by atoms with E-state index in [0.29, 0.717) is 6.54 Å². The van der Waals surface area contributed by atoms with Gasteiger partial charge in [0.15, 0.2) is 0 Å². The summed E-state index contributed by atoms with van der Waals surface area (Å²) < 4.78 is 0. The highest BCUT2D eigenvalue weighted by molar-refractivity contribution is 6.06. The highest BCUT2D eigenvalue weighted by Gasteiger charge is 2.44. The maximum Gasteiger partial charge on any atom is 0.325 e. The Hall–Kier alpha value is -2.03. The number of hydrogen-bond donors (Lipinski definition) is 2. The molecule has 3 amide bonds. The summed E-state index contributed by atoms with van der Waals surface area (Å²) in [7, 11) is 0. The summed E-state index contributed by atoms with van der Waals surface area (Å²) in [5.74, 6) is -0.289. The number of piperazine rings is 1. The second kappa shape index (κ2) is 7.69. The maximum absolute atomic E-state index is 12.2. The minimum Gasteiger partial charge on any atom is -0.390 e. The highest BCUT2D eigenvalue weighted by Crippen LogP contribution is 2.17. The maximum atomic E-state index is 12.2. The molecule has 2 saturated heterocycles. The van der Waals surface area contributed by atoms with Gasteiger partial charge in [-0.15, -0.1) is 0 Å². The molecule has 0 bridgehead atoms. The molecule has 142 valence electrons. The number of nitrogens with one attached hydrogen (secondary N) is 1.